The van der Waals surface area contributed by atoms with Crippen molar-refractivity contribution in [2.24, 2.45) is 0 Å². The van der Waals surface area contributed by atoms with E-state index in [2.05, 4.69) is 16.3 Å². The number of hydrogen-bond donors (Lipinski definition) is 1. The highest BCUT2D eigenvalue weighted by Gasteiger charge is 2.31. The third kappa shape index (κ3) is 5.29. The van der Waals surface area contributed by atoms with Gasteiger partial charge in [0.1, 0.15) is 17.1 Å². The predicted octanol–water partition coefficient (Wildman–Crippen LogP) is 4.09. The first kappa shape index (κ1) is 23.5. The van der Waals surface area contributed by atoms with Gasteiger partial charge in [-0.15, -0.1) is 0 Å². The van der Waals surface area contributed by atoms with Crippen molar-refractivity contribution in [3.8, 4) is 17.6 Å². The maximum absolute atomic E-state index is 12.7. The molecule has 2 aromatic carbocycles. The van der Waals surface area contributed by atoms with Crippen molar-refractivity contribution >= 4 is 11.7 Å². The van der Waals surface area contributed by atoms with Crippen molar-refractivity contribution in [1.82, 2.24) is 10.2 Å². The highest BCUT2D eigenvalue weighted by molar-refractivity contribution is 6.14. The largest absolute Gasteiger partial charge is 0.493 e. The second kappa shape index (κ2) is 10.5. The van der Waals surface area contributed by atoms with Crippen molar-refractivity contribution in [3.05, 3.63) is 70.5 Å². The monoisotopic (exact) mass is 459 g/mol. The quantitative estimate of drug-likeness (QED) is 0.495. The molecular formula is C27H29N3O4. The van der Waals surface area contributed by atoms with Crippen LogP contribution in [0.2, 0.25) is 0 Å². The van der Waals surface area contributed by atoms with Crippen LogP contribution in [0.15, 0.2) is 53.8 Å². The number of hydrogen-bond acceptors (Lipinski definition) is 6. The van der Waals surface area contributed by atoms with Crippen molar-refractivity contribution < 1.29 is 19.1 Å². The maximum Gasteiger partial charge on any atom is 0.251 e. The number of carbonyl (C=O) groups excluding carboxylic acids is 2. The molecule has 0 aromatic heterocycles. The average Bonchev–Trinajstić information content (AvgIpc) is 3.20. The Morgan fingerprint density at radius 1 is 1.18 bits per heavy atom. The Bertz CT molecular complexity index is 1140. The van der Waals surface area contributed by atoms with Gasteiger partial charge < -0.3 is 19.7 Å². The van der Waals surface area contributed by atoms with Crippen LogP contribution in [-0.4, -0.2) is 48.9 Å². The van der Waals surface area contributed by atoms with Gasteiger partial charge in [-0.3, -0.25) is 9.59 Å². The number of benzene rings is 2. The number of allylic oxidation sites excluding steroid dienone is 2. The molecule has 7 nitrogen and oxygen atoms in total. The topological polar surface area (TPSA) is 91.7 Å². The minimum Gasteiger partial charge on any atom is -0.493 e. The number of ketones is 1. The number of nitrogens with one attached hydrogen (secondary N) is 1. The van der Waals surface area contributed by atoms with E-state index in [0.29, 0.717) is 40.6 Å². The smallest absolute Gasteiger partial charge is 0.251 e. The van der Waals surface area contributed by atoms with Crippen LogP contribution in [0.3, 0.4) is 0 Å². The Morgan fingerprint density at radius 2 is 1.91 bits per heavy atom. The molecular weight excluding hydrogens is 430 g/mol. The van der Waals surface area contributed by atoms with E-state index in [9.17, 15) is 9.59 Å². The van der Waals surface area contributed by atoms with Gasteiger partial charge >= 0.3 is 0 Å². The van der Waals surface area contributed by atoms with Gasteiger partial charge in [0, 0.05) is 31.2 Å². The molecule has 0 spiro atoms. The SMILES string of the molecule is CC(C)=C1Oc2cccc(OCCCN3CCC(NC(=O)c4ccc(C#N)cc4)CC3)c2C1=O. The number of nitriles is 1. The number of ether oxygens (including phenoxy) is 2. The lowest BCUT2D eigenvalue weighted by molar-refractivity contribution is 0.0909. The van der Waals surface area contributed by atoms with Gasteiger partial charge in [-0.2, -0.15) is 5.26 Å². The second-order valence-electron chi connectivity index (χ2n) is 8.87. The lowest BCUT2D eigenvalue weighted by atomic mass is 10.0. The first-order valence-electron chi connectivity index (χ1n) is 11.7. The molecule has 0 unspecified atom stereocenters. The second-order valence-corrected chi connectivity index (χ2v) is 8.87. The molecule has 2 aromatic rings. The third-order valence-electron chi connectivity index (χ3n) is 6.16. The van der Waals surface area contributed by atoms with E-state index in [4.69, 9.17) is 14.7 Å². The Hall–Kier alpha value is -3.63. The number of likely N-dealkylation sites (tertiary alicyclic amines) is 1. The van der Waals surface area contributed by atoms with Gasteiger partial charge in [-0.05, 0) is 75.1 Å². The van der Waals surface area contributed by atoms with Crippen LogP contribution in [0, 0.1) is 11.3 Å². The fraction of sp³-hybridized carbons (Fsp3) is 0.370. The molecule has 0 bridgehead atoms. The van der Waals surface area contributed by atoms with Crippen LogP contribution in [-0.2, 0) is 0 Å². The van der Waals surface area contributed by atoms with Gasteiger partial charge in [0.05, 0.1) is 18.2 Å². The van der Waals surface area contributed by atoms with E-state index < -0.39 is 0 Å². The van der Waals surface area contributed by atoms with Gasteiger partial charge in [0.25, 0.3) is 5.91 Å². The summed E-state index contributed by atoms with van der Waals surface area (Å²) in [5.74, 6) is 1.31. The molecule has 1 fully saturated rings. The van der Waals surface area contributed by atoms with Crippen molar-refractivity contribution in [1.29, 1.82) is 5.26 Å². The minimum absolute atomic E-state index is 0.0958. The Labute approximate surface area is 200 Å². The number of piperidine rings is 1. The van der Waals surface area contributed by atoms with E-state index >= 15 is 0 Å². The van der Waals surface area contributed by atoms with Crippen LogP contribution in [0.1, 0.15) is 59.4 Å². The van der Waals surface area contributed by atoms with Crippen LogP contribution >= 0.6 is 0 Å². The molecule has 7 heteroatoms. The van der Waals surface area contributed by atoms with Crippen molar-refractivity contribution in [3.63, 3.8) is 0 Å². The van der Waals surface area contributed by atoms with Crippen LogP contribution in [0.4, 0.5) is 0 Å². The van der Waals surface area contributed by atoms with Gasteiger partial charge in [-0.1, -0.05) is 6.07 Å². The molecule has 2 aliphatic rings. The first-order chi connectivity index (χ1) is 16.5. The van der Waals surface area contributed by atoms with Crippen LogP contribution in [0.25, 0.3) is 0 Å². The molecule has 1 amide bonds. The lowest BCUT2D eigenvalue weighted by Gasteiger charge is -2.32. The summed E-state index contributed by atoms with van der Waals surface area (Å²) in [6, 6.07) is 14.3. The summed E-state index contributed by atoms with van der Waals surface area (Å²) in [7, 11) is 0. The molecule has 2 aliphatic heterocycles. The molecule has 0 radical (unpaired) electrons. The molecule has 34 heavy (non-hydrogen) atoms. The summed E-state index contributed by atoms with van der Waals surface area (Å²) < 4.78 is 11.6. The molecule has 0 saturated carbocycles. The fourth-order valence-corrected chi connectivity index (χ4v) is 4.28. The molecule has 1 N–H and O–H groups in total. The number of rotatable bonds is 7. The van der Waals surface area contributed by atoms with E-state index in [0.717, 1.165) is 44.5 Å². The van der Waals surface area contributed by atoms with E-state index in [1.54, 1.807) is 30.3 Å². The third-order valence-corrected chi connectivity index (χ3v) is 6.16. The zero-order valence-corrected chi connectivity index (χ0v) is 19.6. The van der Waals surface area contributed by atoms with Crippen LogP contribution in [0.5, 0.6) is 11.5 Å². The molecule has 2 heterocycles. The van der Waals surface area contributed by atoms with Crippen molar-refractivity contribution in [2.75, 3.05) is 26.2 Å². The molecule has 0 aliphatic carbocycles. The number of carbonyl (C=O) groups is 2. The molecule has 4 rings (SSSR count). The Morgan fingerprint density at radius 3 is 2.59 bits per heavy atom. The van der Waals surface area contributed by atoms with E-state index in [1.807, 2.05) is 26.0 Å². The molecule has 176 valence electrons. The predicted molar refractivity (Wildman–Crippen MR) is 128 cm³/mol. The lowest BCUT2D eigenvalue weighted by Crippen LogP contribution is -2.45. The fourth-order valence-electron chi connectivity index (χ4n) is 4.28. The number of fused-ring (bicyclic) bond motifs is 1. The zero-order chi connectivity index (χ0) is 24.1. The maximum atomic E-state index is 12.7. The highest BCUT2D eigenvalue weighted by atomic mass is 16.5. The highest BCUT2D eigenvalue weighted by Crippen LogP contribution is 2.38. The zero-order valence-electron chi connectivity index (χ0n) is 19.6. The summed E-state index contributed by atoms with van der Waals surface area (Å²) in [6.45, 7) is 6.96. The Kier molecular flexibility index (Phi) is 7.29. The molecule has 0 atom stereocenters. The number of amides is 1. The normalized spacial score (nSPS) is 15.9. The first-order valence-corrected chi connectivity index (χ1v) is 11.7. The average molecular weight is 460 g/mol. The summed E-state index contributed by atoms with van der Waals surface area (Å²) in [6.07, 6.45) is 2.63. The van der Waals surface area contributed by atoms with E-state index in [1.165, 1.54) is 0 Å². The number of nitrogens with zero attached hydrogens (tertiary/aromatic N) is 2. The molecule has 1 saturated heterocycles. The summed E-state index contributed by atoms with van der Waals surface area (Å²) >= 11 is 0. The Balaban J connectivity index is 1.19. The van der Waals surface area contributed by atoms with Crippen molar-refractivity contribution in [2.45, 2.75) is 39.2 Å². The summed E-state index contributed by atoms with van der Waals surface area (Å²) in [4.78, 5) is 27.5. The summed E-state index contributed by atoms with van der Waals surface area (Å²) in [5.41, 5.74) is 2.48. The van der Waals surface area contributed by atoms with Gasteiger partial charge in [0.15, 0.2) is 5.76 Å². The van der Waals surface area contributed by atoms with Gasteiger partial charge in [0.2, 0.25) is 5.78 Å². The standard InChI is InChI=1S/C27H29N3O4/c1-18(2)26-25(31)24-22(5-3-6-23(24)34-26)33-16-4-13-30-14-11-21(12-15-30)29-27(32)20-9-7-19(17-28)8-10-20/h3,5-10,21H,4,11-16H2,1-2H3,(H,29,32). The van der Waals surface area contributed by atoms with E-state index in [-0.39, 0.29) is 17.7 Å². The minimum atomic E-state index is -0.115. The van der Waals surface area contributed by atoms with Crippen LogP contribution < -0.4 is 14.8 Å². The summed E-state index contributed by atoms with van der Waals surface area (Å²) in [5, 5.41) is 12.0. The number of Topliss-reactive ketones (excluding diaryl/α,β-unsaturated/α-hetero) is 1. The van der Waals surface area contributed by atoms with Gasteiger partial charge in [-0.25, -0.2) is 0 Å².